The summed E-state index contributed by atoms with van der Waals surface area (Å²) in [6.07, 6.45) is 2.19. The van der Waals surface area contributed by atoms with Gasteiger partial charge in [0.05, 0.1) is 13.2 Å². The van der Waals surface area contributed by atoms with Crippen LogP contribution in [0.25, 0.3) is 0 Å². The SMILES string of the molecule is COCCc1ccc(OCC2CCNC2)cc1. The molecule has 17 heavy (non-hydrogen) atoms. The van der Waals surface area contributed by atoms with Crippen LogP contribution in [0.2, 0.25) is 0 Å². The Morgan fingerprint density at radius 2 is 2.12 bits per heavy atom. The lowest BCUT2D eigenvalue weighted by atomic mass is 10.1. The van der Waals surface area contributed by atoms with Crippen LogP contribution in [0.4, 0.5) is 0 Å². The summed E-state index contributed by atoms with van der Waals surface area (Å²) in [6, 6.07) is 8.32. The lowest BCUT2D eigenvalue weighted by Gasteiger charge is -2.11. The molecule has 1 fully saturated rings. The van der Waals surface area contributed by atoms with E-state index in [1.54, 1.807) is 7.11 Å². The van der Waals surface area contributed by atoms with Crippen LogP contribution in [-0.2, 0) is 11.2 Å². The number of benzene rings is 1. The van der Waals surface area contributed by atoms with Crippen molar-refractivity contribution in [1.29, 1.82) is 0 Å². The van der Waals surface area contributed by atoms with Crippen LogP contribution in [0.5, 0.6) is 5.75 Å². The third kappa shape index (κ3) is 4.02. The minimum atomic E-state index is 0.670. The van der Waals surface area contributed by atoms with Gasteiger partial charge in [-0.2, -0.15) is 0 Å². The zero-order valence-corrected chi connectivity index (χ0v) is 10.4. The van der Waals surface area contributed by atoms with Gasteiger partial charge < -0.3 is 14.8 Å². The van der Waals surface area contributed by atoms with Crippen molar-refractivity contribution in [3.05, 3.63) is 29.8 Å². The Balaban J connectivity index is 1.76. The first-order valence-electron chi connectivity index (χ1n) is 6.30. The Bertz CT molecular complexity index is 317. The quantitative estimate of drug-likeness (QED) is 0.816. The number of ether oxygens (including phenoxy) is 2. The van der Waals surface area contributed by atoms with Gasteiger partial charge in [0.25, 0.3) is 0 Å². The molecular formula is C14H21NO2. The smallest absolute Gasteiger partial charge is 0.119 e. The van der Waals surface area contributed by atoms with Crippen molar-refractivity contribution in [2.45, 2.75) is 12.8 Å². The third-order valence-electron chi connectivity index (χ3n) is 3.17. The second kappa shape index (κ2) is 6.62. The summed E-state index contributed by atoms with van der Waals surface area (Å²) in [6.45, 7) is 3.81. The molecule has 1 heterocycles. The Kier molecular flexibility index (Phi) is 4.83. The topological polar surface area (TPSA) is 30.5 Å². The molecule has 0 aliphatic carbocycles. The fraction of sp³-hybridized carbons (Fsp3) is 0.571. The van der Waals surface area contributed by atoms with Crippen LogP contribution >= 0.6 is 0 Å². The van der Waals surface area contributed by atoms with E-state index in [9.17, 15) is 0 Å². The molecule has 0 aromatic heterocycles. The van der Waals surface area contributed by atoms with E-state index in [1.807, 2.05) is 12.1 Å². The molecule has 1 aromatic rings. The van der Waals surface area contributed by atoms with Gasteiger partial charge in [-0.1, -0.05) is 12.1 Å². The van der Waals surface area contributed by atoms with Crippen LogP contribution in [0, 0.1) is 5.92 Å². The largest absolute Gasteiger partial charge is 0.493 e. The van der Waals surface area contributed by atoms with Gasteiger partial charge in [0.1, 0.15) is 5.75 Å². The number of hydrogen-bond acceptors (Lipinski definition) is 3. The molecule has 2 rings (SSSR count). The van der Waals surface area contributed by atoms with Crippen molar-refractivity contribution in [3.63, 3.8) is 0 Å². The van der Waals surface area contributed by atoms with E-state index >= 15 is 0 Å². The summed E-state index contributed by atoms with van der Waals surface area (Å²) in [5.41, 5.74) is 1.29. The fourth-order valence-electron chi connectivity index (χ4n) is 2.04. The van der Waals surface area contributed by atoms with E-state index in [4.69, 9.17) is 9.47 Å². The van der Waals surface area contributed by atoms with Gasteiger partial charge in [0.2, 0.25) is 0 Å². The van der Waals surface area contributed by atoms with Crippen LogP contribution in [0.1, 0.15) is 12.0 Å². The molecule has 1 unspecified atom stereocenters. The van der Waals surface area contributed by atoms with Crippen LogP contribution < -0.4 is 10.1 Å². The van der Waals surface area contributed by atoms with E-state index in [0.29, 0.717) is 5.92 Å². The minimum Gasteiger partial charge on any atom is -0.493 e. The third-order valence-corrected chi connectivity index (χ3v) is 3.17. The Morgan fingerprint density at radius 3 is 2.76 bits per heavy atom. The van der Waals surface area contributed by atoms with Crippen molar-refractivity contribution in [2.75, 3.05) is 33.4 Å². The monoisotopic (exact) mass is 235 g/mol. The molecule has 1 N–H and O–H groups in total. The summed E-state index contributed by atoms with van der Waals surface area (Å²) in [4.78, 5) is 0. The second-order valence-corrected chi connectivity index (χ2v) is 4.56. The van der Waals surface area contributed by atoms with Gasteiger partial charge in [-0.15, -0.1) is 0 Å². The van der Waals surface area contributed by atoms with Crippen LogP contribution in [-0.4, -0.2) is 33.4 Å². The summed E-state index contributed by atoms with van der Waals surface area (Å²) in [5.74, 6) is 1.64. The van der Waals surface area contributed by atoms with Gasteiger partial charge in [-0.05, 0) is 37.1 Å². The van der Waals surface area contributed by atoms with Gasteiger partial charge >= 0.3 is 0 Å². The summed E-state index contributed by atoms with van der Waals surface area (Å²) >= 11 is 0. The first-order chi connectivity index (χ1) is 8.38. The number of nitrogens with one attached hydrogen (secondary N) is 1. The average Bonchev–Trinajstić information content (AvgIpc) is 2.88. The first kappa shape index (κ1) is 12.4. The molecule has 3 heteroatoms. The second-order valence-electron chi connectivity index (χ2n) is 4.56. The van der Waals surface area contributed by atoms with Gasteiger partial charge in [0.15, 0.2) is 0 Å². The molecule has 1 aliphatic heterocycles. The molecule has 3 nitrogen and oxygen atoms in total. The van der Waals surface area contributed by atoms with Crippen LogP contribution in [0.3, 0.4) is 0 Å². The highest BCUT2D eigenvalue weighted by molar-refractivity contribution is 5.27. The zero-order valence-electron chi connectivity index (χ0n) is 10.4. The van der Waals surface area contributed by atoms with Crippen molar-refractivity contribution >= 4 is 0 Å². The standard InChI is InChI=1S/C14H21NO2/c1-16-9-7-12-2-4-14(5-3-12)17-11-13-6-8-15-10-13/h2-5,13,15H,6-11H2,1H3. The van der Waals surface area contributed by atoms with E-state index in [-0.39, 0.29) is 0 Å². The van der Waals surface area contributed by atoms with E-state index in [0.717, 1.165) is 38.5 Å². The van der Waals surface area contributed by atoms with Crippen molar-refractivity contribution < 1.29 is 9.47 Å². The maximum absolute atomic E-state index is 5.78. The Labute approximate surface area is 103 Å². The first-order valence-corrected chi connectivity index (χ1v) is 6.30. The highest BCUT2D eigenvalue weighted by Gasteiger charge is 2.14. The van der Waals surface area contributed by atoms with Crippen molar-refractivity contribution in [2.24, 2.45) is 5.92 Å². The summed E-state index contributed by atoms with van der Waals surface area (Å²) < 4.78 is 10.8. The molecule has 0 bridgehead atoms. The fourth-order valence-corrected chi connectivity index (χ4v) is 2.04. The molecule has 1 aliphatic rings. The molecule has 0 amide bonds. The van der Waals surface area contributed by atoms with E-state index in [1.165, 1.54) is 12.0 Å². The van der Waals surface area contributed by atoms with Gasteiger partial charge in [-0.3, -0.25) is 0 Å². The van der Waals surface area contributed by atoms with Crippen molar-refractivity contribution in [3.8, 4) is 5.75 Å². The lowest BCUT2D eigenvalue weighted by Crippen LogP contribution is -2.15. The highest BCUT2D eigenvalue weighted by Crippen LogP contribution is 2.15. The van der Waals surface area contributed by atoms with Crippen molar-refractivity contribution in [1.82, 2.24) is 5.32 Å². The summed E-state index contributed by atoms with van der Waals surface area (Å²) in [7, 11) is 1.73. The van der Waals surface area contributed by atoms with Gasteiger partial charge in [0, 0.05) is 19.6 Å². The molecular weight excluding hydrogens is 214 g/mol. The molecule has 94 valence electrons. The molecule has 0 radical (unpaired) electrons. The Hall–Kier alpha value is -1.06. The number of methoxy groups -OCH3 is 1. The normalized spacial score (nSPS) is 19.5. The maximum atomic E-state index is 5.78. The molecule has 1 atom stereocenters. The predicted molar refractivity (Wildman–Crippen MR) is 68.5 cm³/mol. The van der Waals surface area contributed by atoms with E-state index < -0.39 is 0 Å². The molecule has 0 saturated carbocycles. The molecule has 1 saturated heterocycles. The maximum Gasteiger partial charge on any atom is 0.119 e. The van der Waals surface area contributed by atoms with Gasteiger partial charge in [-0.25, -0.2) is 0 Å². The number of rotatable bonds is 6. The lowest BCUT2D eigenvalue weighted by molar-refractivity contribution is 0.202. The molecule has 1 aromatic carbocycles. The average molecular weight is 235 g/mol. The zero-order chi connectivity index (χ0) is 11.9. The molecule has 0 spiro atoms. The Morgan fingerprint density at radius 1 is 1.29 bits per heavy atom. The highest BCUT2D eigenvalue weighted by atomic mass is 16.5. The summed E-state index contributed by atoms with van der Waals surface area (Å²) in [5, 5.41) is 3.35. The van der Waals surface area contributed by atoms with E-state index in [2.05, 4.69) is 17.4 Å². The minimum absolute atomic E-state index is 0.670. The van der Waals surface area contributed by atoms with Crippen LogP contribution in [0.15, 0.2) is 24.3 Å². The number of hydrogen-bond donors (Lipinski definition) is 1. The predicted octanol–water partition coefficient (Wildman–Crippen LogP) is 1.86.